The Morgan fingerprint density at radius 1 is 1.39 bits per heavy atom. The van der Waals surface area contributed by atoms with Crippen molar-refractivity contribution in [3.63, 3.8) is 0 Å². The predicted molar refractivity (Wildman–Crippen MR) is 72.5 cm³/mol. The number of hydrogen-bond donors (Lipinski definition) is 2. The highest BCUT2D eigenvalue weighted by atomic mass is 32.1. The normalized spacial score (nSPS) is 22.1. The Labute approximate surface area is 111 Å². The SMILES string of the molecule is OCC1(NCc2nccs2)CCc2ccccc21. The average Bonchev–Trinajstić information content (AvgIpc) is 3.05. The number of benzene rings is 1. The third-order valence-electron chi connectivity index (χ3n) is 3.69. The van der Waals surface area contributed by atoms with Gasteiger partial charge in [0.15, 0.2) is 0 Å². The predicted octanol–water partition coefficient (Wildman–Crippen LogP) is 2.07. The Balaban J connectivity index is 1.83. The van der Waals surface area contributed by atoms with E-state index in [1.807, 2.05) is 17.6 Å². The molecule has 1 unspecified atom stereocenters. The largest absolute Gasteiger partial charge is 0.394 e. The molecule has 1 aliphatic rings. The summed E-state index contributed by atoms with van der Waals surface area (Å²) < 4.78 is 0. The van der Waals surface area contributed by atoms with Gasteiger partial charge in [0.2, 0.25) is 0 Å². The van der Waals surface area contributed by atoms with E-state index in [4.69, 9.17) is 0 Å². The van der Waals surface area contributed by atoms with Crippen LogP contribution in [-0.2, 0) is 18.5 Å². The molecule has 2 aromatic rings. The Kier molecular flexibility index (Phi) is 3.16. The van der Waals surface area contributed by atoms with E-state index in [2.05, 4.69) is 28.5 Å². The van der Waals surface area contributed by atoms with Crippen molar-refractivity contribution in [1.29, 1.82) is 0 Å². The monoisotopic (exact) mass is 260 g/mol. The maximum atomic E-state index is 9.81. The molecular weight excluding hydrogens is 244 g/mol. The van der Waals surface area contributed by atoms with Gasteiger partial charge in [0, 0.05) is 18.1 Å². The lowest BCUT2D eigenvalue weighted by molar-refractivity contribution is 0.159. The first-order valence-electron chi connectivity index (χ1n) is 6.17. The van der Waals surface area contributed by atoms with Crippen LogP contribution in [0.4, 0.5) is 0 Å². The minimum Gasteiger partial charge on any atom is -0.394 e. The number of aliphatic hydroxyl groups excluding tert-OH is 1. The zero-order chi connectivity index (χ0) is 12.4. The molecule has 0 aliphatic heterocycles. The highest BCUT2D eigenvalue weighted by molar-refractivity contribution is 7.09. The topological polar surface area (TPSA) is 45.1 Å². The zero-order valence-corrected chi connectivity index (χ0v) is 10.9. The van der Waals surface area contributed by atoms with Crippen molar-refractivity contribution in [3.8, 4) is 0 Å². The molecule has 0 saturated carbocycles. The molecule has 4 heteroatoms. The fourth-order valence-electron chi connectivity index (χ4n) is 2.68. The third kappa shape index (κ3) is 1.96. The van der Waals surface area contributed by atoms with Crippen molar-refractivity contribution in [2.45, 2.75) is 24.9 Å². The van der Waals surface area contributed by atoms with E-state index in [0.717, 1.165) is 17.8 Å². The summed E-state index contributed by atoms with van der Waals surface area (Å²) in [4.78, 5) is 4.27. The molecule has 0 fully saturated rings. The standard InChI is InChI=1S/C14H16N2OS/c17-10-14(16-9-13-15-7-8-18-13)6-5-11-3-1-2-4-12(11)14/h1-4,7-8,16-17H,5-6,9-10H2. The summed E-state index contributed by atoms with van der Waals surface area (Å²) in [7, 11) is 0. The van der Waals surface area contributed by atoms with E-state index in [1.165, 1.54) is 11.1 Å². The number of aliphatic hydroxyl groups is 1. The second kappa shape index (κ2) is 4.80. The second-order valence-corrected chi connectivity index (χ2v) is 5.66. The van der Waals surface area contributed by atoms with Gasteiger partial charge in [0.25, 0.3) is 0 Å². The van der Waals surface area contributed by atoms with Crippen LogP contribution in [0.15, 0.2) is 35.8 Å². The van der Waals surface area contributed by atoms with Crippen LogP contribution >= 0.6 is 11.3 Å². The Bertz CT molecular complexity index is 526. The molecule has 1 aliphatic carbocycles. The van der Waals surface area contributed by atoms with Gasteiger partial charge in [-0.3, -0.25) is 5.32 Å². The molecule has 2 N–H and O–H groups in total. The third-order valence-corrected chi connectivity index (χ3v) is 4.47. The van der Waals surface area contributed by atoms with E-state index in [0.29, 0.717) is 6.54 Å². The molecule has 3 rings (SSSR count). The van der Waals surface area contributed by atoms with Gasteiger partial charge in [-0.1, -0.05) is 24.3 Å². The zero-order valence-electron chi connectivity index (χ0n) is 10.1. The lowest BCUT2D eigenvalue weighted by atomic mass is 9.93. The summed E-state index contributed by atoms with van der Waals surface area (Å²) >= 11 is 1.64. The van der Waals surface area contributed by atoms with Crippen molar-refractivity contribution in [2.24, 2.45) is 0 Å². The van der Waals surface area contributed by atoms with Crippen molar-refractivity contribution in [3.05, 3.63) is 52.0 Å². The number of aryl methyl sites for hydroxylation is 1. The van der Waals surface area contributed by atoms with E-state index < -0.39 is 0 Å². The molecule has 3 nitrogen and oxygen atoms in total. The van der Waals surface area contributed by atoms with Crippen LogP contribution in [-0.4, -0.2) is 16.7 Å². The van der Waals surface area contributed by atoms with Gasteiger partial charge in [-0.25, -0.2) is 4.98 Å². The maximum Gasteiger partial charge on any atom is 0.106 e. The number of hydrogen-bond acceptors (Lipinski definition) is 4. The number of aromatic nitrogens is 1. The molecule has 1 aromatic heterocycles. The van der Waals surface area contributed by atoms with Gasteiger partial charge in [0.1, 0.15) is 5.01 Å². The van der Waals surface area contributed by atoms with E-state index in [1.54, 1.807) is 11.3 Å². The summed E-state index contributed by atoms with van der Waals surface area (Å²) in [5.74, 6) is 0. The van der Waals surface area contributed by atoms with Crippen LogP contribution in [0.3, 0.4) is 0 Å². The first-order chi connectivity index (χ1) is 8.84. The molecule has 0 bridgehead atoms. The quantitative estimate of drug-likeness (QED) is 0.884. The van der Waals surface area contributed by atoms with E-state index in [9.17, 15) is 5.11 Å². The smallest absolute Gasteiger partial charge is 0.106 e. The average molecular weight is 260 g/mol. The minimum atomic E-state index is -0.289. The van der Waals surface area contributed by atoms with Crippen LogP contribution in [0, 0.1) is 0 Å². The summed E-state index contributed by atoms with van der Waals surface area (Å²) in [6.45, 7) is 0.849. The molecule has 0 radical (unpaired) electrons. The van der Waals surface area contributed by atoms with Crippen molar-refractivity contribution in [2.75, 3.05) is 6.61 Å². The summed E-state index contributed by atoms with van der Waals surface area (Å²) in [6.07, 6.45) is 3.80. The van der Waals surface area contributed by atoms with Crippen LogP contribution in [0.25, 0.3) is 0 Å². The molecule has 1 aromatic carbocycles. The van der Waals surface area contributed by atoms with Gasteiger partial charge in [-0.15, -0.1) is 11.3 Å². The van der Waals surface area contributed by atoms with Crippen LogP contribution in [0.2, 0.25) is 0 Å². The number of nitrogens with one attached hydrogen (secondary N) is 1. The number of fused-ring (bicyclic) bond motifs is 1. The van der Waals surface area contributed by atoms with Crippen molar-refractivity contribution >= 4 is 11.3 Å². The van der Waals surface area contributed by atoms with Crippen LogP contribution in [0.1, 0.15) is 22.6 Å². The molecule has 18 heavy (non-hydrogen) atoms. The number of rotatable bonds is 4. The van der Waals surface area contributed by atoms with Gasteiger partial charge in [0.05, 0.1) is 12.1 Å². The minimum absolute atomic E-state index is 0.134. The molecule has 0 spiro atoms. The second-order valence-electron chi connectivity index (χ2n) is 4.68. The summed E-state index contributed by atoms with van der Waals surface area (Å²) in [5.41, 5.74) is 2.30. The fourth-order valence-corrected chi connectivity index (χ4v) is 3.23. The highest BCUT2D eigenvalue weighted by Gasteiger charge is 2.37. The number of nitrogens with zero attached hydrogens (tertiary/aromatic N) is 1. The summed E-state index contributed by atoms with van der Waals surface area (Å²) in [6, 6.07) is 8.37. The van der Waals surface area contributed by atoms with Crippen LogP contribution < -0.4 is 5.32 Å². The Hall–Kier alpha value is -1.23. The van der Waals surface area contributed by atoms with Crippen LogP contribution in [0.5, 0.6) is 0 Å². The van der Waals surface area contributed by atoms with Crippen molar-refractivity contribution < 1.29 is 5.11 Å². The lowest BCUT2D eigenvalue weighted by Gasteiger charge is -2.29. The van der Waals surface area contributed by atoms with E-state index in [-0.39, 0.29) is 12.1 Å². The van der Waals surface area contributed by atoms with Crippen molar-refractivity contribution in [1.82, 2.24) is 10.3 Å². The van der Waals surface area contributed by atoms with Gasteiger partial charge < -0.3 is 5.11 Å². The molecular formula is C14H16N2OS. The highest BCUT2D eigenvalue weighted by Crippen LogP contribution is 2.36. The van der Waals surface area contributed by atoms with Gasteiger partial charge in [-0.2, -0.15) is 0 Å². The van der Waals surface area contributed by atoms with E-state index >= 15 is 0 Å². The molecule has 94 valence electrons. The lowest BCUT2D eigenvalue weighted by Crippen LogP contribution is -2.43. The first kappa shape index (κ1) is 11.8. The maximum absolute atomic E-state index is 9.81. The Morgan fingerprint density at radius 2 is 2.28 bits per heavy atom. The first-order valence-corrected chi connectivity index (χ1v) is 7.05. The fraction of sp³-hybridized carbons (Fsp3) is 0.357. The van der Waals surface area contributed by atoms with Gasteiger partial charge >= 0.3 is 0 Å². The van der Waals surface area contributed by atoms with Gasteiger partial charge in [-0.05, 0) is 24.0 Å². The summed E-state index contributed by atoms with van der Waals surface area (Å²) in [5, 5.41) is 16.4. The molecule has 1 atom stereocenters. The molecule has 1 heterocycles. The molecule has 0 amide bonds. The molecule has 0 saturated heterocycles. The Morgan fingerprint density at radius 3 is 3.06 bits per heavy atom. The number of thiazole rings is 1.